The van der Waals surface area contributed by atoms with Gasteiger partial charge in [0, 0.05) is 54.3 Å². The summed E-state index contributed by atoms with van der Waals surface area (Å²) in [5.74, 6) is -0.446. The van der Waals surface area contributed by atoms with Crippen LogP contribution in [-0.2, 0) is 6.54 Å². The number of anilines is 1. The zero-order chi connectivity index (χ0) is 21.8. The number of rotatable bonds is 5. The molecule has 4 aromatic rings. The number of pyridine rings is 3. The molecule has 6 nitrogen and oxygen atoms in total. The number of aromatic nitrogens is 3. The Kier molecular flexibility index (Phi) is 5.71. The average molecular weight is 410 g/mol. The van der Waals surface area contributed by atoms with Gasteiger partial charge in [-0.05, 0) is 49.2 Å². The van der Waals surface area contributed by atoms with Crippen LogP contribution in [0.25, 0.3) is 11.3 Å². The SMILES string of the molecule is Cc1ccccc1NC(=O)c1c(-c2cccnc2)n(Cc2cccnc2)c(C)cc1=O. The minimum absolute atomic E-state index is 0.0887. The van der Waals surface area contributed by atoms with Crippen molar-refractivity contribution in [2.24, 2.45) is 0 Å². The molecule has 154 valence electrons. The normalized spacial score (nSPS) is 10.6. The Morgan fingerprint density at radius 3 is 2.39 bits per heavy atom. The van der Waals surface area contributed by atoms with E-state index in [9.17, 15) is 9.59 Å². The van der Waals surface area contributed by atoms with E-state index in [1.54, 1.807) is 30.9 Å². The van der Waals surface area contributed by atoms with E-state index in [0.717, 1.165) is 16.8 Å². The second kappa shape index (κ2) is 8.75. The van der Waals surface area contributed by atoms with Gasteiger partial charge in [0.1, 0.15) is 5.56 Å². The third kappa shape index (κ3) is 4.28. The molecule has 0 saturated carbocycles. The molecule has 0 aliphatic carbocycles. The van der Waals surface area contributed by atoms with E-state index in [1.807, 2.05) is 60.9 Å². The van der Waals surface area contributed by atoms with Crippen LogP contribution in [0.5, 0.6) is 0 Å². The molecule has 0 aliphatic rings. The van der Waals surface area contributed by atoms with Crippen molar-refractivity contribution >= 4 is 11.6 Å². The van der Waals surface area contributed by atoms with Gasteiger partial charge in [-0.25, -0.2) is 0 Å². The van der Waals surface area contributed by atoms with Gasteiger partial charge >= 0.3 is 0 Å². The Labute approximate surface area is 180 Å². The van der Waals surface area contributed by atoms with Crippen molar-refractivity contribution in [3.8, 4) is 11.3 Å². The van der Waals surface area contributed by atoms with Crippen LogP contribution in [0.4, 0.5) is 5.69 Å². The van der Waals surface area contributed by atoms with Crippen molar-refractivity contribution in [2.75, 3.05) is 5.32 Å². The number of nitrogens with one attached hydrogen (secondary N) is 1. The lowest BCUT2D eigenvalue weighted by Crippen LogP contribution is -2.27. The summed E-state index contributed by atoms with van der Waals surface area (Å²) in [7, 11) is 0. The van der Waals surface area contributed by atoms with Crippen molar-refractivity contribution in [1.82, 2.24) is 14.5 Å². The first kappa shape index (κ1) is 20.2. The predicted octanol–water partition coefficient (Wildman–Crippen LogP) is 4.22. The minimum atomic E-state index is -0.446. The van der Waals surface area contributed by atoms with Gasteiger partial charge < -0.3 is 9.88 Å². The highest BCUT2D eigenvalue weighted by molar-refractivity contribution is 6.08. The molecule has 4 rings (SSSR count). The highest BCUT2D eigenvalue weighted by Gasteiger charge is 2.22. The molecule has 0 unspecified atom stereocenters. The van der Waals surface area contributed by atoms with Crippen molar-refractivity contribution in [1.29, 1.82) is 0 Å². The summed E-state index contributed by atoms with van der Waals surface area (Å²) in [6, 6.07) is 16.5. The lowest BCUT2D eigenvalue weighted by molar-refractivity contribution is 0.102. The molecule has 0 saturated heterocycles. The lowest BCUT2D eigenvalue weighted by atomic mass is 10.0. The van der Waals surface area contributed by atoms with Crippen LogP contribution in [0.15, 0.2) is 84.2 Å². The zero-order valence-electron chi connectivity index (χ0n) is 17.4. The number of aryl methyl sites for hydroxylation is 2. The fourth-order valence-corrected chi connectivity index (χ4v) is 3.57. The van der Waals surface area contributed by atoms with Crippen LogP contribution in [0.3, 0.4) is 0 Å². The first-order valence-corrected chi connectivity index (χ1v) is 9.95. The van der Waals surface area contributed by atoms with E-state index in [0.29, 0.717) is 23.5 Å². The molecule has 0 aliphatic heterocycles. The molecule has 0 bridgehead atoms. The van der Waals surface area contributed by atoms with Crippen LogP contribution in [0.2, 0.25) is 0 Å². The predicted molar refractivity (Wildman–Crippen MR) is 121 cm³/mol. The molecule has 0 spiro atoms. The van der Waals surface area contributed by atoms with Crippen LogP contribution in [0, 0.1) is 13.8 Å². The number of carbonyl (C=O) groups is 1. The molecule has 0 fully saturated rings. The van der Waals surface area contributed by atoms with Gasteiger partial charge in [-0.1, -0.05) is 24.3 Å². The summed E-state index contributed by atoms with van der Waals surface area (Å²) in [6.45, 7) is 4.24. The standard InChI is InChI=1S/C25H22N4O2/c1-17-7-3-4-10-21(17)28-25(31)23-22(30)13-18(2)29(16-19-8-5-11-26-14-19)24(23)20-9-6-12-27-15-20/h3-15H,16H2,1-2H3,(H,28,31). The highest BCUT2D eigenvalue weighted by Crippen LogP contribution is 2.25. The molecular weight excluding hydrogens is 388 g/mol. The van der Waals surface area contributed by atoms with Gasteiger partial charge in [0.25, 0.3) is 5.91 Å². The molecule has 3 heterocycles. The number of para-hydroxylation sites is 1. The van der Waals surface area contributed by atoms with Gasteiger partial charge in [0.15, 0.2) is 5.43 Å². The van der Waals surface area contributed by atoms with Crippen LogP contribution in [-0.4, -0.2) is 20.4 Å². The van der Waals surface area contributed by atoms with E-state index < -0.39 is 5.91 Å². The lowest BCUT2D eigenvalue weighted by Gasteiger charge is -2.20. The summed E-state index contributed by atoms with van der Waals surface area (Å²) < 4.78 is 1.96. The molecule has 1 aromatic carbocycles. The quantitative estimate of drug-likeness (QED) is 0.534. The van der Waals surface area contributed by atoms with E-state index in [1.165, 1.54) is 6.07 Å². The van der Waals surface area contributed by atoms with Gasteiger partial charge in [-0.2, -0.15) is 0 Å². The van der Waals surface area contributed by atoms with Crippen molar-refractivity contribution in [3.63, 3.8) is 0 Å². The molecule has 6 heteroatoms. The van der Waals surface area contributed by atoms with Crippen LogP contribution >= 0.6 is 0 Å². The number of carbonyl (C=O) groups excluding carboxylic acids is 1. The Hall–Kier alpha value is -4.06. The maximum atomic E-state index is 13.3. The van der Waals surface area contributed by atoms with E-state index in [4.69, 9.17) is 0 Å². The molecule has 1 N–H and O–H groups in total. The van der Waals surface area contributed by atoms with E-state index >= 15 is 0 Å². The Morgan fingerprint density at radius 1 is 0.968 bits per heavy atom. The second-order valence-electron chi connectivity index (χ2n) is 7.33. The first-order valence-electron chi connectivity index (χ1n) is 9.95. The summed E-state index contributed by atoms with van der Waals surface area (Å²) in [6.07, 6.45) is 6.82. The second-order valence-corrected chi connectivity index (χ2v) is 7.33. The number of benzene rings is 1. The number of hydrogen-bond acceptors (Lipinski definition) is 4. The van der Waals surface area contributed by atoms with Crippen LogP contribution in [0.1, 0.15) is 27.2 Å². The third-order valence-electron chi connectivity index (χ3n) is 5.14. The number of hydrogen-bond donors (Lipinski definition) is 1. The minimum Gasteiger partial charge on any atom is -0.339 e. The van der Waals surface area contributed by atoms with Gasteiger partial charge in [-0.15, -0.1) is 0 Å². The summed E-state index contributed by atoms with van der Waals surface area (Å²) in [5.41, 5.74) is 4.29. The maximum Gasteiger partial charge on any atom is 0.261 e. The summed E-state index contributed by atoms with van der Waals surface area (Å²) in [4.78, 5) is 34.8. The highest BCUT2D eigenvalue weighted by atomic mass is 16.2. The summed E-state index contributed by atoms with van der Waals surface area (Å²) in [5, 5.41) is 2.90. The largest absolute Gasteiger partial charge is 0.339 e. The van der Waals surface area contributed by atoms with Gasteiger partial charge in [0.05, 0.1) is 5.69 Å². The Balaban J connectivity index is 1.90. The molecule has 0 radical (unpaired) electrons. The number of amides is 1. The average Bonchev–Trinajstić information content (AvgIpc) is 2.78. The molecule has 3 aromatic heterocycles. The molecule has 1 amide bonds. The van der Waals surface area contributed by atoms with E-state index in [-0.39, 0.29) is 11.0 Å². The molecule has 31 heavy (non-hydrogen) atoms. The third-order valence-corrected chi connectivity index (χ3v) is 5.14. The summed E-state index contributed by atoms with van der Waals surface area (Å²) >= 11 is 0. The first-order chi connectivity index (χ1) is 15.0. The fourth-order valence-electron chi connectivity index (χ4n) is 3.57. The Bertz CT molecular complexity index is 1280. The molecular formula is C25H22N4O2. The van der Waals surface area contributed by atoms with Crippen molar-refractivity contribution < 1.29 is 4.79 Å². The van der Waals surface area contributed by atoms with Crippen molar-refractivity contribution in [3.05, 3.63) is 112 Å². The van der Waals surface area contributed by atoms with E-state index in [2.05, 4.69) is 15.3 Å². The smallest absolute Gasteiger partial charge is 0.261 e. The number of nitrogens with zero attached hydrogens (tertiary/aromatic N) is 3. The zero-order valence-corrected chi connectivity index (χ0v) is 17.4. The molecule has 0 atom stereocenters. The van der Waals surface area contributed by atoms with Gasteiger partial charge in [0.2, 0.25) is 0 Å². The van der Waals surface area contributed by atoms with Crippen molar-refractivity contribution in [2.45, 2.75) is 20.4 Å². The fraction of sp³-hybridized carbons (Fsp3) is 0.120. The van der Waals surface area contributed by atoms with Gasteiger partial charge in [-0.3, -0.25) is 19.6 Å². The topological polar surface area (TPSA) is 76.9 Å². The maximum absolute atomic E-state index is 13.3. The monoisotopic (exact) mass is 410 g/mol. The Morgan fingerprint density at radius 2 is 1.71 bits per heavy atom. The van der Waals surface area contributed by atoms with Crippen LogP contribution < -0.4 is 10.7 Å².